The molecule has 0 unspecified atom stereocenters. The van der Waals surface area contributed by atoms with E-state index in [0.717, 1.165) is 5.56 Å². The van der Waals surface area contributed by atoms with Gasteiger partial charge >= 0.3 is 5.97 Å². The lowest BCUT2D eigenvalue weighted by Gasteiger charge is -2.14. The standard InChI is InChI=1S/C19H19NO5/c1-11-4-9-17(22)16(10-11)19(24)25-13(3)18(23)20-15-7-5-14(6-8-15)12(2)21/h4-10,13,22H,1-3H3,(H,20,23)/t13-/m0/s1. The number of phenolic OH excluding ortho intramolecular Hbond substituents is 1. The summed E-state index contributed by atoms with van der Waals surface area (Å²) >= 11 is 0. The van der Waals surface area contributed by atoms with Crippen molar-refractivity contribution in [2.45, 2.75) is 26.9 Å². The molecule has 0 aliphatic heterocycles. The molecule has 0 radical (unpaired) electrons. The number of Topliss-reactive ketones (excluding diaryl/α,β-unsaturated/α-hetero) is 1. The maximum Gasteiger partial charge on any atom is 0.342 e. The van der Waals surface area contributed by atoms with Crippen molar-refractivity contribution in [1.29, 1.82) is 0 Å². The van der Waals surface area contributed by atoms with Gasteiger partial charge in [0.25, 0.3) is 5.91 Å². The van der Waals surface area contributed by atoms with Gasteiger partial charge in [0.2, 0.25) is 0 Å². The summed E-state index contributed by atoms with van der Waals surface area (Å²) in [4.78, 5) is 35.5. The van der Waals surface area contributed by atoms with Gasteiger partial charge in [0.05, 0.1) is 0 Å². The molecule has 25 heavy (non-hydrogen) atoms. The zero-order chi connectivity index (χ0) is 18.6. The third-order valence-electron chi connectivity index (χ3n) is 3.58. The van der Waals surface area contributed by atoms with Gasteiger partial charge in [0, 0.05) is 11.3 Å². The van der Waals surface area contributed by atoms with Crippen LogP contribution in [0.1, 0.15) is 40.1 Å². The second kappa shape index (κ2) is 7.61. The molecule has 0 bridgehead atoms. The topological polar surface area (TPSA) is 92.7 Å². The molecule has 6 heteroatoms. The molecule has 0 saturated carbocycles. The Balaban J connectivity index is 2.01. The molecular formula is C19H19NO5. The maximum absolute atomic E-state index is 12.1. The molecule has 2 rings (SSSR count). The SMILES string of the molecule is CC(=O)c1ccc(NC(=O)[C@H](C)OC(=O)c2cc(C)ccc2O)cc1. The maximum atomic E-state index is 12.1. The summed E-state index contributed by atoms with van der Waals surface area (Å²) in [5.74, 6) is -1.58. The highest BCUT2D eigenvalue weighted by Crippen LogP contribution is 2.20. The lowest BCUT2D eigenvalue weighted by molar-refractivity contribution is -0.123. The minimum absolute atomic E-state index is 0.00506. The van der Waals surface area contributed by atoms with Crippen molar-refractivity contribution in [3.8, 4) is 5.75 Å². The van der Waals surface area contributed by atoms with E-state index in [1.165, 1.54) is 26.0 Å². The number of carbonyl (C=O) groups excluding carboxylic acids is 3. The number of carbonyl (C=O) groups is 3. The quantitative estimate of drug-likeness (QED) is 0.644. The Morgan fingerprint density at radius 3 is 2.32 bits per heavy atom. The minimum atomic E-state index is -1.06. The number of aromatic hydroxyl groups is 1. The summed E-state index contributed by atoms with van der Waals surface area (Å²) < 4.78 is 5.10. The molecule has 0 aromatic heterocycles. The second-order valence-corrected chi connectivity index (χ2v) is 5.69. The lowest BCUT2D eigenvalue weighted by Crippen LogP contribution is -2.30. The van der Waals surface area contributed by atoms with Crippen LogP contribution < -0.4 is 5.32 Å². The third kappa shape index (κ3) is 4.67. The number of anilines is 1. The highest BCUT2D eigenvalue weighted by Gasteiger charge is 2.21. The Hall–Kier alpha value is -3.15. The molecule has 0 fully saturated rings. The van der Waals surface area contributed by atoms with Gasteiger partial charge in [-0.15, -0.1) is 0 Å². The number of benzene rings is 2. The number of phenols is 1. The fourth-order valence-corrected chi connectivity index (χ4v) is 2.12. The van der Waals surface area contributed by atoms with Crippen molar-refractivity contribution in [3.05, 3.63) is 59.2 Å². The minimum Gasteiger partial charge on any atom is -0.507 e. The van der Waals surface area contributed by atoms with Gasteiger partial charge in [0.1, 0.15) is 11.3 Å². The molecule has 130 valence electrons. The molecule has 0 aliphatic rings. The van der Waals surface area contributed by atoms with E-state index in [-0.39, 0.29) is 17.1 Å². The van der Waals surface area contributed by atoms with Gasteiger partial charge in [-0.05, 0) is 57.2 Å². The van der Waals surface area contributed by atoms with Crippen molar-refractivity contribution in [2.24, 2.45) is 0 Å². The smallest absolute Gasteiger partial charge is 0.342 e. The van der Waals surface area contributed by atoms with Crippen molar-refractivity contribution in [2.75, 3.05) is 5.32 Å². The molecule has 0 aliphatic carbocycles. The van der Waals surface area contributed by atoms with E-state index >= 15 is 0 Å². The first-order chi connectivity index (χ1) is 11.8. The van der Waals surface area contributed by atoms with E-state index in [1.807, 2.05) is 0 Å². The molecule has 2 N–H and O–H groups in total. The summed E-state index contributed by atoms with van der Waals surface area (Å²) in [6, 6.07) is 10.9. The van der Waals surface area contributed by atoms with Gasteiger partial charge in [0.15, 0.2) is 11.9 Å². The Morgan fingerprint density at radius 1 is 1.08 bits per heavy atom. The zero-order valence-corrected chi connectivity index (χ0v) is 14.2. The van der Waals surface area contributed by atoms with Crippen LogP contribution in [0.25, 0.3) is 0 Å². The van der Waals surface area contributed by atoms with E-state index in [9.17, 15) is 19.5 Å². The Morgan fingerprint density at radius 2 is 1.72 bits per heavy atom. The average molecular weight is 341 g/mol. The second-order valence-electron chi connectivity index (χ2n) is 5.69. The number of aryl methyl sites for hydroxylation is 1. The number of rotatable bonds is 5. The van der Waals surface area contributed by atoms with Gasteiger partial charge in [-0.25, -0.2) is 4.79 Å². The van der Waals surface area contributed by atoms with Gasteiger partial charge in [-0.2, -0.15) is 0 Å². The summed E-state index contributed by atoms with van der Waals surface area (Å²) in [6.45, 7) is 4.66. The van der Waals surface area contributed by atoms with Crippen LogP contribution in [0, 0.1) is 6.92 Å². The highest BCUT2D eigenvalue weighted by atomic mass is 16.5. The highest BCUT2D eigenvalue weighted by molar-refractivity contribution is 5.99. The monoisotopic (exact) mass is 341 g/mol. The Bertz CT molecular complexity index is 811. The van der Waals surface area contributed by atoms with Crippen LogP contribution in [-0.2, 0) is 9.53 Å². The zero-order valence-electron chi connectivity index (χ0n) is 14.2. The Labute approximate surface area is 145 Å². The molecule has 2 aromatic rings. The van der Waals surface area contributed by atoms with E-state index in [0.29, 0.717) is 11.3 Å². The first-order valence-corrected chi connectivity index (χ1v) is 7.70. The number of hydrogen-bond acceptors (Lipinski definition) is 5. The fourth-order valence-electron chi connectivity index (χ4n) is 2.12. The van der Waals surface area contributed by atoms with Crippen molar-refractivity contribution in [3.63, 3.8) is 0 Å². The molecular weight excluding hydrogens is 322 g/mol. The number of ketones is 1. The number of ether oxygens (including phenoxy) is 1. The first-order valence-electron chi connectivity index (χ1n) is 7.70. The van der Waals surface area contributed by atoms with Crippen LogP contribution in [0.4, 0.5) is 5.69 Å². The fraction of sp³-hybridized carbons (Fsp3) is 0.211. The van der Waals surface area contributed by atoms with Crippen LogP contribution in [0.2, 0.25) is 0 Å². The van der Waals surface area contributed by atoms with Crippen LogP contribution in [0.5, 0.6) is 5.75 Å². The Kier molecular flexibility index (Phi) is 5.54. The molecule has 0 heterocycles. The van der Waals surface area contributed by atoms with Gasteiger partial charge in [-0.1, -0.05) is 11.6 Å². The summed E-state index contributed by atoms with van der Waals surface area (Å²) in [6.07, 6.45) is -1.06. The first kappa shape index (κ1) is 18.2. The summed E-state index contributed by atoms with van der Waals surface area (Å²) in [5.41, 5.74) is 1.81. The van der Waals surface area contributed by atoms with Crippen LogP contribution in [-0.4, -0.2) is 28.9 Å². The molecule has 6 nitrogen and oxygen atoms in total. The lowest BCUT2D eigenvalue weighted by atomic mass is 10.1. The van der Waals surface area contributed by atoms with Crippen molar-refractivity contribution >= 4 is 23.3 Å². The van der Waals surface area contributed by atoms with Crippen molar-refractivity contribution in [1.82, 2.24) is 0 Å². The van der Waals surface area contributed by atoms with Gasteiger partial charge in [-0.3, -0.25) is 9.59 Å². The largest absolute Gasteiger partial charge is 0.507 e. The summed E-state index contributed by atoms with van der Waals surface area (Å²) in [7, 11) is 0. The van der Waals surface area contributed by atoms with E-state index in [4.69, 9.17) is 4.74 Å². The van der Waals surface area contributed by atoms with E-state index in [2.05, 4.69) is 5.32 Å². The van der Waals surface area contributed by atoms with Crippen LogP contribution >= 0.6 is 0 Å². The van der Waals surface area contributed by atoms with E-state index in [1.54, 1.807) is 37.3 Å². The van der Waals surface area contributed by atoms with Gasteiger partial charge < -0.3 is 15.2 Å². The summed E-state index contributed by atoms with van der Waals surface area (Å²) in [5, 5.41) is 12.3. The molecule has 0 spiro atoms. The van der Waals surface area contributed by atoms with E-state index < -0.39 is 18.0 Å². The number of hydrogen-bond donors (Lipinski definition) is 2. The number of nitrogens with one attached hydrogen (secondary N) is 1. The third-order valence-corrected chi connectivity index (χ3v) is 3.58. The molecule has 1 amide bonds. The number of esters is 1. The predicted molar refractivity (Wildman–Crippen MR) is 92.8 cm³/mol. The van der Waals surface area contributed by atoms with Crippen LogP contribution in [0.3, 0.4) is 0 Å². The molecule has 0 saturated heterocycles. The molecule has 1 atom stereocenters. The average Bonchev–Trinajstić information content (AvgIpc) is 2.57. The molecule has 2 aromatic carbocycles. The normalized spacial score (nSPS) is 11.5. The van der Waals surface area contributed by atoms with Crippen molar-refractivity contribution < 1.29 is 24.2 Å². The van der Waals surface area contributed by atoms with Crippen LogP contribution in [0.15, 0.2) is 42.5 Å². The number of amides is 1. The predicted octanol–water partition coefficient (Wildman–Crippen LogP) is 3.09.